The number of nitrogens with two attached hydrogens (primary N) is 1. The van der Waals surface area contributed by atoms with Crippen LogP contribution in [0.1, 0.15) is 52.1 Å². The van der Waals surface area contributed by atoms with Crippen LogP contribution >= 0.6 is 0 Å². The van der Waals surface area contributed by atoms with Crippen molar-refractivity contribution in [3.63, 3.8) is 0 Å². The zero-order valence-corrected chi connectivity index (χ0v) is 19.8. The van der Waals surface area contributed by atoms with E-state index in [0.29, 0.717) is 18.5 Å². The fourth-order valence-electron chi connectivity index (χ4n) is 3.86. The third-order valence-electron chi connectivity index (χ3n) is 5.55. The van der Waals surface area contributed by atoms with Crippen molar-refractivity contribution in [1.29, 1.82) is 0 Å². The molecule has 0 aliphatic carbocycles. The molecule has 2 amide bonds. The van der Waals surface area contributed by atoms with E-state index in [1.165, 1.54) is 0 Å². The summed E-state index contributed by atoms with van der Waals surface area (Å²) in [5.41, 5.74) is 7.28. The van der Waals surface area contributed by atoms with Gasteiger partial charge in [0.1, 0.15) is 23.7 Å². The van der Waals surface area contributed by atoms with Gasteiger partial charge in [0.25, 0.3) is 5.91 Å². The molecular weight excluding hydrogens is 470 g/mol. The molecule has 36 heavy (non-hydrogen) atoms. The summed E-state index contributed by atoms with van der Waals surface area (Å²) in [6, 6.07) is 6.56. The van der Waals surface area contributed by atoms with Gasteiger partial charge in [-0.15, -0.1) is 0 Å². The summed E-state index contributed by atoms with van der Waals surface area (Å²) in [7, 11) is 0. The van der Waals surface area contributed by atoms with Crippen LogP contribution in [0.3, 0.4) is 0 Å². The van der Waals surface area contributed by atoms with E-state index in [9.17, 15) is 19.2 Å². The average molecular weight is 495 g/mol. The van der Waals surface area contributed by atoms with Gasteiger partial charge in [-0.1, -0.05) is 0 Å². The molecule has 1 fully saturated rings. The first-order valence-corrected chi connectivity index (χ1v) is 11.3. The first-order chi connectivity index (χ1) is 17.3. The third-order valence-corrected chi connectivity index (χ3v) is 5.55. The maximum atomic E-state index is 12.4. The minimum absolute atomic E-state index is 0.0154. The first-order valence-electron chi connectivity index (χ1n) is 11.3. The number of nitrogens with zero attached hydrogens (tertiary/aromatic N) is 3. The quantitative estimate of drug-likeness (QED) is 0.440. The lowest BCUT2D eigenvalue weighted by Crippen LogP contribution is -2.30. The number of fused-ring (bicyclic) bond motifs is 1. The number of carbonyl (C=O) groups is 4. The number of aryl methyl sites for hydroxylation is 1. The SMILES string of the molecule is CCOC(=O)c1c(C)oc2nc(COC(=O)CNC(=O)c3ccc(N4CCCC4=O)cc3)nc(N)c12. The van der Waals surface area contributed by atoms with E-state index >= 15 is 0 Å². The van der Waals surface area contributed by atoms with Crippen molar-refractivity contribution in [1.82, 2.24) is 15.3 Å². The number of hydrogen-bond donors (Lipinski definition) is 2. The van der Waals surface area contributed by atoms with Crippen molar-refractivity contribution in [2.24, 2.45) is 0 Å². The van der Waals surface area contributed by atoms with Gasteiger partial charge in [-0.25, -0.2) is 9.78 Å². The molecule has 2 aromatic heterocycles. The monoisotopic (exact) mass is 495 g/mol. The standard InChI is InChI=1S/C24H25N5O7/c1-3-34-24(33)19-13(2)36-23-20(19)21(25)27-16(28-23)12-35-18(31)11-26-22(32)14-6-8-15(9-7-14)29-10-4-5-17(29)30/h6-9H,3-5,10-12H2,1-2H3,(H,26,32)(H2,25,27,28). The van der Waals surface area contributed by atoms with Crippen molar-refractivity contribution in [3.8, 4) is 0 Å². The summed E-state index contributed by atoms with van der Waals surface area (Å²) in [4.78, 5) is 58.4. The molecule has 3 heterocycles. The Balaban J connectivity index is 1.32. The topological polar surface area (TPSA) is 167 Å². The number of ether oxygens (including phenoxy) is 2. The van der Waals surface area contributed by atoms with Gasteiger partial charge in [0.05, 0.1) is 12.0 Å². The molecule has 1 aliphatic rings. The van der Waals surface area contributed by atoms with Crippen molar-refractivity contribution in [2.75, 3.05) is 30.3 Å². The van der Waals surface area contributed by atoms with Crippen molar-refractivity contribution < 1.29 is 33.1 Å². The minimum Gasteiger partial charge on any atom is -0.462 e. The number of nitrogen functional groups attached to an aromatic ring is 1. The minimum atomic E-state index is -0.715. The molecule has 1 aliphatic heterocycles. The molecule has 12 heteroatoms. The number of rotatable bonds is 8. The number of benzene rings is 1. The molecular formula is C24H25N5O7. The summed E-state index contributed by atoms with van der Waals surface area (Å²) < 4.78 is 15.7. The highest BCUT2D eigenvalue weighted by Crippen LogP contribution is 2.29. The predicted molar refractivity (Wildman–Crippen MR) is 127 cm³/mol. The Morgan fingerprint density at radius 1 is 1.17 bits per heavy atom. The van der Waals surface area contributed by atoms with Crippen LogP contribution in [0.25, 0.3) is 11.1 Å². The highest BCUT2D eigenvalue weighted by atomic mass is 16.5. The lowest BCUT2D eigenvalue weighted by molar-refractivity contribution is -0.143. The Morgan fingerprint density at radius 3 is 2.58 bits per heavy atom. The van der Waals surface area contributed by atoms with Gasteiger partial charge in [0, 0.05) is 24.2 Å². The van der Waals surface area contributed by atoms with E-state index < -0.39 is 17.8 Å². The lowest BCUT2D eigenvalue weighted by Gasteiger charge is -2.15. The van der Waals surface area contributed by atoms with Gasteiger partial charge in [-0.05, 0) is 44.5 Å². The zero-order chi connectivity index (χ0) is 25.8. The Bertz CT molecular complexity index is 1330. The number of hydrogen-bond acceptors (Lipinski definition) is 10. The largest absolute Gasteiger partial charge is 0.462 e. The first kappa shape index (κ1) is 24.6. The molecule has 4 rings (SSSR count). The second kappa shape index (κ2) is 10.4. The molecule has 0 spiro atoms. The smallest absolute Gasteiger partial charge is 0.342 e. The van der Waals surface area contributed by atoms with Crippen LogP contribution in [0.15, 0.2) is 28.7 Å². The van der Waals surface area contributed by atoms with Gasteiger partial charge in [-0.3, -0.25) is 14.4 Å². The maximum absolute atomic E-state index is 12.4. The van der Waals surface area contributed by atoms with Crippen LogP contribution in [0.2, 0.25) is 0 Å². The second-order valence-corrected chi connectivity index (χ2v) is 8.00. The lowest BCUT2D eigenvalue weighted by atomic mass is 10.2. The Morgan fingerprint density at radius 2 is 1.92 bits per heavy atom. The van der Waals surface area contributed by atoms with E-state index in [2.05, 4.69) is 15.3 Å². The summed E-state index contributed by atoms with van der Waals surface area (Å²) in [5.74, 6) is -1.39. The Hall–Kier alpha value is -4.48. The maximum Gasteiger partial charge on any atom is 0.342 e. The van der Waals surface area contributed by atoms with E-state index in [0.717, 1.165) is 12.1 Å². The number of carbonyl (C=O) groups excluding carboxylic acids is 4. The number of esters is 2. The molecule has 0 saturated carbocycles. The molecule has 1 saturated heterocycles. The molecule has 3 aromatic rings. The van der Waals surface area contributed by atoms with E-state index in [-0.39, 0.29) is 59.7 Å². The number of nitrogens with one attached hydrogen (secondary N) is 1. The predicted octanol–water partition coefficient (Wildman–Crippen LogP) is 1.89. The summed E-state index contributed by atoms with van der Waals surface area (Å²) in [6.07, 6.45) is 1.33. The van der Waals surface area contributed by atoms with Crippen LogP contribution in [0, 0.1) is 6.92 Å². The van der Waals surface area contributed by atoms with E-state index in [1.807, 2.05) is 0 Å². The number of furan rings is 1. The van der Waals surface area contributed by atoms with Crippen LogP contribution in [-0.2, 0) is 25.7 Å². The van der Waals surface area contributed by atoms with Gasteiger partial charge in [-0.2, -0.15) is 4.98 Å². The molecule has 1 aromatic carbocycles. The Kier molecular flexibility index (Phi) is 7.13. The fourth-order valence-corrected chi connectivity index (χ4v) is 3.86. The highest BCUT2D eigenvalue weighted by molar-refractivity contribution is 6.07. The zero-order valence-electron chi connectivity index (χ0n) is 19.8. The molecule has 3 N–H and O–H groups in total. The van der Waals surface area contributed by atoms with Crippen molar-refractivity contribution in [2.45, 2.75) is 33.3 Å². The number of aromatic nitrogens is 2. The normalized spacial score (nSPS) is 13.2. The fraction of sp³-hybridized carbons (Fsp3) is 0.333. The third kappa shape index (κ3) is 5.11. The molecule has 12 nitrogen and oxygen atoms in total. The average Bonchev–Trinajstić information content (AvgIpc) is 3.43. The molecule has 0 radical (unpaired) electrons. The number of anilines is 2. The highest BCUT2D eigenvalue weighted by Gasteiger charge is 2.24. The summed E-state index contributed by atoms with van der Waals surface area (Å²) in [6.45, 7) is 3.40. The molecule has 188 valence electrons. The molecule has 0 unspecified atom stereocenters. The molecule has 0 bridgehead atoms. The van der Waals surface area contributed by atoms with Crippen molar-refractivity contribution in [3.05, 3.63) is 47.0 Å². The van der Waals surface area contributed by atoms with Gasteiger partial charge >= 0.3 is 11.9 Å². The summed E-state index contributed by atoms with van der Waals surface area (Å²) >= 11 is 0. The van der Waals surface area contributed by atoms with Crippen LogP contribution in [0.5, 0.6) is 0 Å². The molecule has 0 atom stereocenters. The van der Waals surface area contributed by atoms with Crippen LogP contribution < -0.4 is 16.0 Å². The Labute approximate surface area is 205 Å². The van der Waals surface area contributed by atoms with E-state index in [4.69, 9.17) is 19.6 Å². The van der Waals surface area contributed by atoms with Gasteiger partial charge in [0.15, 0.2) is 12.4 Å². The van der Waals surface area contributed by atoms with Gasteiger partial charge < -0.3 is 29.8 Å². The summed E-state index contributed by atoms with van der Waals surface area (Å²) in [5, 5.41) is 2.71. The number of amides is 2. The van der Waals surface area contributed by atoms with Gasteiger partial charge in [0.2, 0.25) is 11.6 Å². The second-order valence-electron chi connectivity index (χ2n) is 8.00. The van der Waals surface area contributed by atoms with Crippen molar-refractivity contribution >= 4 is 46.4 Å². The van der Waals surface area contributed by atoms with Crippen LogP contribution in [0.4, 0.5) is 11.5 Å². The van der Waals surface area contributed by atoms with Crippen LogP contribution in [-0.4, -0.2) is 53.4 Å². The van der Waals surface area contributed by atoms with E-state index in [1.54, 1.807) is 43.0 Å².